The second-order valence-corrected chi connectivity index (χ2v) is 21.1. The number of likely N-dealkylation sites (tertiary alicyclic amines) is 2. The Kier molecular flexibility index (Phi) is 9.74. The van der Waals surface area contributed by atoms with Crippen LogP contribution in [-0.4, -0.2) is 53.9 Å². The average Bonchev–Trinajstić information content (AvgIpc) is 4.14. The zero-order valence-electron chi connectivity index (χ0n) is 38.9. The minimum atomic E-state index is -0.273. The van der Waals surface area contributed by atoms with E-state index in [4.69, 9.17) is 23.1 Å². The molecule has 5 fully saturated rings. The third-order valence-corrected chi connectivity index (χ3v) is 15.7. The number of imidazole rings is 2. The van der Waals surface area contributed by atoms with Gasteiger partial charge in [-0.25, -0.2) is 9.97 Å². The summed E-state index contributed by atoms with van der Waals surface area (Å²) in [6.45, 7) is 35.6. The van der Waals surface area contributed by atoms with Crippen LogP contribution in [-0.2, 0) is 11.1 Å². The molecule has 0 amide bonds. The van der Waals surface area contributed by atoms with Gasteiger partial charge in [-0.3, -0.25) is 0 Å². The zero-order valence-corrected chi connectivity index (χ0v) is 38.9. The van der Waals surface area contributed by atoms with Crippen molar-refractivity contribution in [3.05, 3.63) is 134 Å². The number of H-pyrrole nitrogens is 2. The van der Waals surface area contributed by atoms with Crippen molar-refractivity contribution in [3.63, 3.8) is 0 Å². The number of nitrogens with zero attached hydrogens (tertiary/aromatic N) is 4. The number of piperidine rings is 3. The highest BCUT2D eigenvalue weighted by Gasteiger charge is 2.78. The smallest absolute Gasteiger partial charge is 0.132 e. The van der Waals surface area contributed by atoms with E-state index >= 15 is 0 Å². The number of nitrogens with one attached hydrogen (secondary N) is 4. The summed E-state index contributed by atoms with van der Waals surface area (Å²) in [7, 11) is 0. The van der Waals surface area contributed by atoms with Crippen LogP contribution in [0.5, 0.6) is 0 Å². The first kappa shape index (κ1) is 41.5. The molecule has 63 heavy (non-hydrogen) atoms. The zero-order chi connectivity index (χ0) is 44.3. The molecule has 5 aromatic rings. The quantitative estimate of drug-likeness (QED) is 0.0746. The van der Waals surface area contributed by atoms with Gasteiger partial charge in [0.1, 0.15) is 17.2 Å². The molecule has 328 valence electrons. The highest BCUT2D eigenvalue weighted by molar-refractivity contribution is 5.90. The van der Waals surface area contributed by atoms with E-state index in [9.17, 15) is 0 Å². The summed E-state index contributed by atoms with van der Waals surface area (Å²) in [5.74, 6) is 4.29. The Morgan fingerprint density at radius 3 is 1.89 bits per heavy atom. The number of aromatic nitrogens is 4. The Morgan fingerprint density at radius 2 is 1.27 bits per heavy atom. The van der Waals surface area contributed by atoms with Crippen LogP contribution >= 0.6 is 0 Å². The molecule has 3 aromatic carbocycles. The SMILES string of the molecule is C=C(C)N[C@H](C(=C)N1C2C[C@@]2(CCC)CC1(C)c1ncc(-c2ccc3cc(-c4ccc(-c5cnc(C67CC6C6CC6N7C(=C)[C@@H](NC(=C)C)C(C)C)[nH]5)cc4)ccc3c2)[nH]1)C(C)C. The Morgan fingerprint density at radius 1 is 0.730 bits per heavy atom. The van der Waals surface area contributed by atoms with Crippen molar-refractivity contribution >= 4 is 10.8 Å². The molecule has 2 saturated heterocycles. The van der Waals surface area contributed by atoms with Crippen LogP contribution in [0.2, 0.25) is 0 Å². The standard InChI is InChI=1S/C55H68N8/c1-13-22-54-27-48(54)63(36(11)50(32(4)5)59-34(8)9)53(12,30-54)51-56-29-46(60-51)42-21-20-40-23-39(18-19-41(40)24-42)37-14-16-38(17-15-37)45-28-57-52(61-45)55-26-44(55)43-25-47(43)62(55)35(10)49(31(2)3)58-33(6)7/h14-21,23-24,28-29,31-32,43-44,47-50,58-59H,6,8,10-11,13,22,25-27,30H2,1-5,7,9,12H3,(H,56,60)(H,57,61)/t43?,44?,47?,48?,49-,50-,53?,54-,55?/m0/s1. The molecule has 8 heteroatoms. The van der Waals surface area contributed by atoms with Crippen LogP contribution in [0, 0.1) is 29.1 Å². The fourth-order valence-corrected chi connectivity index (χ4v) is 12.7. The van der Waals surface area contributed by atoms with Gasteiger partial charge in [0.05, 0.1) is 41.4 Å². The first-order valence-electron chi connectivity index (χ1n) is 23.6. The van der Waals surface area contributed by atoms with E-state index in [1.807, 2.05) is 26.2 Å². The summed E-state index contributed by atoms with van der Waals surface area (Å²) in [4.78, 5) is 23.1. The van der Waals surface area contributed by atoms with Gasteiger partial charge in [-0.2, -0.15) is 0 Å². The fourth-order valence-electron chi connectivity index (χ4n) is 12.7. The van der Waals surface area contributed by atoms with Crippen molar-refractivity contribution in [3.8, 4) is 33.6 Å². The van der Waals surface area contributed by atoms with Crippen LogP contribution < -0.4 is 10.6 Å². The van der Waals surface area contributed by atoms with Gasteiger partial charge in [0, 0.05) is 40.4 Å². The number of hydrogen-bond donors (Lipinski definition) is 4. The molecule has 2 aliphatic heterocycles. The summed E-state index contributed by atoms with van der Waals surface area (Å²) >= 11 is 0. The van der Waals surface area contributed by atoms with Crippen LogP contribution in [0.4, 0.5) is 0 Å². The van der Waals surface area contributed by atoms with Gasteiger partial charge in [-0.15, -0.1) is 0 Å². The molecular formula is C55H68N8. The Labute approximate surface area is 375 Å². The van der Waals surface area contributed by atoms with Crippen molar-refractivity contribution in [2.75, 3.05) is 0 Å². The lowest BCUT2D eigenvalue weighted by molar-refractivity contribution is 0.140. The Bertz CT molecular complexity index is 2640. The number of fused-ring (bicyclic) bond motifs is 5. The van der Waals surface area contributed by atoms with Crippen LogP contribution in [0.25, 0.3) is 44.4 Å². The normalized spacial score (nSPS) is 28.4. The van der Waals surface area contributed by atoms with Crippen molar-refractivity contribution < 1.29 is 0 Å². The van der Waals surface area contributed by atoms with E-state index < -0.39 is 0 Å². The van der Waals surface area contributed by atoms with E-state index in [0.717, 1.165) is 70.0 Å². The second-order valence-electron chi connectivity index (χ2n) is 21.1. The van der Waals surface area contributed by atoms with Crippen LogP contribution in [0.1, 0.15) is 106 Å². The number of benzene rings is 3. The lowest BCUT2D eigenvalue weighted by Crippen LogP contribution is -2.48. The van der Waals surface area contributed by atoms with Gasteiger partial charge in [-0.1, -0.05) is 116 Å². The molecule has 0 radical (unpaired) electrons. The van der Waals surface area contributed by atoms with E-state index in [2.05, 4.69) is 146 Å². The molecule has 2 aromatic heterocycles. The first-order valence-corrected chi connectivity index (χ1v) is 23.6. The van der Waals surface area contributed by atoms with E-state index in [1.165, 1.54) is 53.3 Å². The lowest BCUT2D eigenvalue weighted by Gasteiger charge is -2.43. The molecule has 5 aliphatic rings. The molecule has 9 atom stereocenters. The van der Waals surface area contributed by atoms with Crippen molar-refractivity contribution in [2.45, 2.75) is 129 Å². The molecule has 3 aliphatic carbocycles. The maximum atomic E-state index is 5.12. The molecule has 6 unspecified atom stereocenters. The molecule has 8 nitrogen and oxygen atoms in total. The summed E-state index contributed by atoms with van der Waals surface area (Å²) in [6, 6.07) is 23.8. The van der Waals surface area contributed by atoms with Crippen molar-refractivity contribution in [1.82, 2.24) is 40.4 Å². The topological polar surface area (TPSA) is 87.9 Å². The predicted octanol–water partition coefficient (Wildman–Crippen LogP) is 12.0. The summed E-state index contributed by atoms with van der Waals surface area (Å²) in [5, 5.41) is 9.70. The monoisotopic (exact) mass is 841 g/mol. The largest absolute Gasteiger partial charge is 0.381 e. The number of rotatable bonds is 17. The summed E-state index contributed by atoms with van der Waals surface area (Å²) in [5.41, 5.74) is 11.1. The molecule has 10 rings (SSSR count). The fraction of sp³-hybridized carbons (Fsp3) is 0.455. The van der Waals surface area contributed by atoms with E-state index in [-0.39, 0.29) is 23.2 Å². The highest BCUT2D eigenvalue weighted by Crippen LogP contribution is 2.75. The molecule has 4 heterocycles. The first-order chi connectivity index (χ1) is 30.1. The molecule has 0 spiro atoms. The van der Waals surface area contributed by atoms with Gasteiger partial charge >= 0.3 is 0 Å². The van der Waals surface area contributed by atoms with Gasteiger partial charge < -0.3 is 30.4 Å². The highest BCUT2D eigenvalue weighted by atomic mass is 15.4. The van der Waals surface area contributed by atoms with Gasteiger partial charge in [0.15, 0.2) is 0 Å². The number of allylic oxidation sites excluding steroid dienone is 2. The maximum absolute atomic E-state index is 5.12. The predicted molar refractivity (Wildman–Crippen MR) is 259 cm³/mol. The van der Waals surface area contributed by atoms with Gasteiger partial charge in [0.25, 0.3) is 0 Å². The Hall–Kier alpha value is -5.50. The minimum Gasteiger partial charge on any atom is -0.381 e. The molecule has 4 N–H and O–H groups in total. The average molecular weight is 841 g/mol. The van der Waals surface area contributed by atoms with Crippen LogP contribution in [0.15, 0.2) is 122 Å². The maximum Gasteiger partial charge on any atom is 0.132 e. The minimum absolute atomic E-state index is 0.0694. The lowest BCUT2D eigenvalue weighted by atomic mass is 9.85. The van der Waals surface area contributed by atoms with Gasteiger partial charge in [-0.05, 0) is 122 Å². The van der Waals surface area contributed by atoms with Crippen LogP contribution in [0.3, 0.4) is 0 Å². The number of aromatic amines is 2. The van der Waals surface area contributed by atoms with Crippen molar-refractivity contribution in [1.29, 1.82) is 0 Å². The van der Waals surface area contributed by atoms with E-state index in [0.29, 0.717) is 35.3 Å². The van der Waals surface area contributed by atoms with Crippen molar-refractivity contribution in [2.24, 2.45) is 29.1 Å². The second kappa shape index (κ2) is 14.8. The third-order valence-electron chi connectivity index (χ3n) is 15.7. The molecular weight excluding hydrogens is 773 g/mol. The van der Waals surface area contributed by atoms with E-state index in [1.54, 1.807) is 0 Å². The summed E-state index contributed by atoms with van der Waals surface area (Å²) in [6.07, 6.45) is 11.2. The number of hydrogen-bond acceptors (Lipinski definition) is 6. The third kappa shape index (κ3) is 6.68. The Balaban J connectivity index is 0.859. The molecule has 3 saturated carbocycles. The summed E-state index contributed by atoms with van der Waals surface area (Å²) < 4.78 is 0. The molecule has 0 bridgehead atoms. The van der Waals surface area contributed by atoms with Gasteiger partial charge in [0.2, 0.25) is 0 Å².